The summed E-state index contributed by atoms with van der Waals surface area (Å²) in [6.07, 6.45) is 4.46. The molecule has 2 aromatic rings. The zero-order valence-electron chi connectivity index (χ0n) is 16.7. The highest BCUT2D eigenvalue weighted by Gasteiger charge is 2.40. The van der Waals surface area contributed by atoms with Gasteiger partial charge in [0.25, 0.3) is 0 Å². The van der Waals surface area contributed by atoms with E-state index in [1.165, 1.54) is 27.1 Å². The molecule has 3 atom stereocenters. The molecule has 146 valence electrons. The highest BCUT2D eigenvalue weighted by molar-refractivity contribution is 7.98. The molecule has 1 aromatic heterocycles. The smallest absolute Gasteiger partial charge is 0.169 e. The Kier molecular flexibility index (Phi) is 5.41. The van der Waals surface area contributed by atoms with Crippen LogP contribution in [0.1, 0.15) is 37.3 Å². The average Bonchev–Trinajstić information content (AvgIpc) is 3.03. The molecular weight excluding hydrogens is 372 g/mol. The van der Waals surface area contributed by atoms with E-state index < -0.39 is 0 Å². The molecule has 2 N–H and O–H groups in total. The maximum absolute atomic E-state index is 5.67. The van der Waals surface area contributed by atoms with E-state index in [1.807, 2.05) is 11.8 Å². The van der Waals surface area contributed by atoms with Gasteiger partial charge in [-0.1, -0.05) is 12.1 Å². The van der Waals surface area contributed by atoms with E-state index in [4.69, 9.17) is 12.2 Å². The summed E-state index contributed by atoms with van der Waals surface area (Å²) in [5, 5.41) is 7.38. The van der Waals surface area contributed by atoms with Crippen LogP contribution in [0, 0.1) is 0 Å². The molecule has 1 aliphatic heterocycles. The average molecular weight is 403 g/mol. The Morgan fingerprint density at radius 3 is 2.85 bits per heavy atom. The van der Waals surface area contributed by atoms with Crippen molar-refractivity contribution in [1.82, 2.24) is 20.1 Å². The van der Waals surface area contributed by atoms with Gasteiger partial charge in [0.05, 0.1) is 5.03 Å². The normalized spacial score (nSPS) is 24.7. The number of hydrogen-bond donors (Lipinski definition) is 2. The summed E-state index contributed by atoms with van der Waals surface area (Å²) in [6.45, 7) is 7.30. The molecule has 0 amide bonds. The van der Waals surface area contributed by atoms with Gasteiger partial charge in [0.15, 0.2) is 5.11 Å². The van der Waals surface area contributed by atoms with Gasteiger partial charge >= 0.3 is 0 Å². The van der Waals surface area contributed by atoms with Gasteiger partial charge in [-0.15, -0.1) is 11.8 Å². The molecule has 0 spiro atoms. The van der Waals surface area contributed by atoms with E-state index in [0.717, 1.165) is 37.6 Å². The number of aromatic nitrogens is 1. The quantitative estimate of drug-likeness (QED) is 0.600. The third kappa shape index (κ3) is 3.26. The van der Waals surface area contributed by atoms with Crippen molar-refractivity contribution in [3.63, 3.8) is 0 Å². The number of benzene rings is 1. The SMILES string of the molecule is CCN(CC)C(=S)N[C@H]1C[C@@H]2c3cccc4[nH]c(SC)c(c34)C[C@H]2N(C)C1. The number of nitrogens with zero attached hydrogens (tertiary/aromatic N) is 2. The lowest BCUT2D eigenvalue weighted by Gasteiger charge is -2.46. The maximum atomic E-state index is 5.67. The first-order valence-electron chi connectivity index (χ1n) is 10.00. The van der Waals surface area contributed by atoms with Crippen molar-refractivity contribution in [2.75, 3.05) is 32.9 Å². The fourth-order valence-corrected chi connectivity index (χ4v) is 6.12. The van der Waals surface area contributed by atoms with Crippen LogP contribution >= 0.6 is 24.0 Å². The van der Waals surface area contributed by atoms with E-state index in [2.05, 4.69) is 65.5 Å². The minimum atomic E-state index is 0.403. The van der Waals surface area contributed by atoms with E-state index in [9.17, 15) is 0 Å². The lowest BCUT2D eigenvalue weighted by atomic mass is 9.74. The number of rotatable bonds is 4. The second kappa shape index (κ2) is 7.64. The Hall–Kier alpha value is -1.24. The van der Waals surface area contributed by atoms with Crippen LogP contribution in [-0.4, -0.2) is 64.9 Å². The zero-order valence-corrected chi connectivity index (χ0v) is 18.3. The van der Waals surface area contributed by atoms with Crippen LogP contribution in [0.5, 0.6) is 0 Å². The summed E-state index contributed by atoms with van der Waals surface area (Å²) >= 11 is 7.51. The molecule has 1 aromatic carbocycles. The number of likely N-dealkylation sites (N-methyl/N-ethyl adjacent to an activating group) is 1. The van der Waals surface area contributed by atoms with Crippen molar-refractivity contribution in [3.8, 4) is 0 Å². The first-order chi connectivity index (χ1) is 13.1. The molecule has 2 heterocycles. The number of fused-ring (bicyclic) bond motifs is 2. The minimum absolute atomic E-state index is 0.403. The second-order valence-corrected chi connectivity index (χ2v) is 8.98. The molecule has 27 heavy (non-hydrogen) atoms. The van der Waals surface area contributed by atoms with Crippen LogP contribution < -0.4 is 5.32 Å². The summed E-state index contributed by atoms with van der Waals surface area (Å²) in [6, 6.07) is 7.76. The minimum Gasteiger partial charge on any atom is -0.359 e. The number of thioether (sulfide) groups is 1. The predicted octanol–water partition coefficient (Wildman–Crippen LogP) is 3.82. The summed E-state index contributed by atoms with van der Waals surface area (Å²) in [4.78, 5) is 8.43. The third-order valence-electron chi connectivity index (χ3n) is 6.39. The topological polar surface area (TPSA) is 34.3 Å². The van der Waals surface area contributed by atoms with Crippen molar-refractivity contribution in [2.45, 2.75) is 49.7 Å². The lowest BCUT2D eigenvalue weighted by Crippen LogP contribution is -2.56. The Morgan fingerprint density at radius 2 is 2.15 bits per heavy atom. The highest BCUT2D eigenvalue weighted by Crippen LogP contribution is 2.45. The molecule has 2 aliphatic rings. The molecule has 0 radical (unpaired) electrons. The molecule has 1 fully saturated rings. The molecule has 4 rings (SSSR count). The molecule has 1 saturated heterocycles. The number of likely N-dealkylation sites (tertiary alicyclic amines) is 1. The predicted molar refractivity (Wildman–Crippen MR) is 120 cm³/mol. The summed E-state index contributed by atoms with van der Waals surface area (Å²) in [5.41, 5.74) is 4.33. The molecule has 0 unspecified atom stereocenters. The Bertz CT molecular complexity index is 842. The van der Waals surface area contributed by atoms with Crippen LogP contribution in [0.25, 0.3) is 10.9 Å². The van der Waals surface area contributed by atoms with Crippen LogP contribution in [0.4, 0.5) is 0 Å². The Morgan fingerprint density at radius 1 is 1.37 bits per heavy atom. The van der Waals surface area contributed by atoms with Crippen molar-refractivity contribution >= 4 is 40.0 Å². The summed E-state index contributed by atoms with van der Waals surface area (Å²) in [7, 11) is 2.28. The fourth-order valence-electron chi connectivity index (χ4n) is 5.05. The van der Waals surface area contributed by atoms with Crippen LogP contribution in [0.2, 0.25) is 0 Å². The summed E-state index contributed by atoms with van der Waals surface area (Å²) < 4.78 is 0. The standard InChI is InChI=1S/C21H30N4S2/c1-5-25(6-2)21(26)22-13-10-15-14-8-7-9-17-19(14)16(20(23-17)27-4)11-18(15)24(3)12-13/h7-9,13,15,18,23H,5-6,10-12H2,1-4H3,(H,22,26)/t13-,15+,18+/m0/s1. The van der Waals surface area contributed by atoms with E-state index in [1.54, 1.807) is 0 Å². The first kappa shape index (κ1) is 19.1. The van der Waals surface area contributed by atoms with Crippen LogP contribution in [-0.2, 0) is 6.42 Å². The van der Waals surface area contributed by atoms with Crippen molar-refractivity contribution in [1.29, 1.82) is 0 Å². The van der Waals surface area contributed by atoms with Gasteiger partial charge in [-0.25, -0.2) is 0 Å². The highest BCUT2D eigenvalue weighted by atomic mass is 32.2. The van der Waals surface area contributed by atoms with E-state index in [0.29, 0.717) is 18.0 Å². The van der Waals surface area contributed by atoms with E-state index in [-0.39, 0.29) is 0 Å². The van der Waals surface area contributed by atoms with Crippen molar-refractivity contribution in [3.05, 3.63) is 29.3 Å². The molecule has 4 nitrogen and oxygen atoms in total. The zero-order chi connectivity index (χ0) is 19.1. The molecule has 1 aliphatic carbocycles. The summed E-state index contributed by atoms with van der Waals surface area (Å²) in [5.74, 6) is 0.558. The van der Waals surface area contributed by atoms with Gasteiger partial charge in [0.2, 0.25) is 0 Å². The third-order valence-corrected chi connectivity index (χ3v) is 7.53. The lowest BCUT2D eigenvalue weighted by molar-refractivity contribution is 0.133. The van der Waals surface area contributed by atoms with Gasteiger partial charge in [0, 0.05) is 48.5 Å². The molecule has 0 bridgehead atoms. The number of aromatic amines is 1. The number of thiocarbonyl (C=S) groups is 1. The van der Waals surface area contributed by atoms with Gasteiger partial charge in [0.1, 0.15) is 0 Å². The first-order valence-corrected chi connectivity index (χ1v) is 11.6. The van der Waals surface area contributed by atoms with Crippen LogP contribution in [0.15, 0.2) is 23.2 Å². The molecule has 6 heteroatoms. The van der Waals surface area contributed by atoms with Gasteiger partial charge in [-0.05, 0) is 69.4 Å². The second-order valence-electron chi connectivity index (χ2n) is 7.78. The number of H-pyrrole nitrogens is 1. The van der Waals surface area contributed by atoms with Crippen molar-refractivity contribution in [2.24, 2.45) is 0 Å². The number of nitrogens with one attached hydrogen (secondary N) is 2. The Balaban J connectivity index is 1.64. The van der Waals surface area contributed by atoms with Gasteiger partial charge in [-0.3, -0.25) is 0 Å². The number of hydrogen-bond acceptors (Lipinski definition) is 3. The molecular formula is C21H30N4S2. The largest absolute Gasteiger partial charge is 0.359 e. The van der Waals surface area contributed by atoms with Crippen molar-refractivity contribution < 1.29 is 0 Å². The van der Waals surface area contributed by atoms with Gasteiger partial charge in [-0.2, -0.15) is 0 Å². The monoisotopic (exact) mass is 402 g/mol. The fraction of sp³-hybridized carbons (Fsp3) is 0.571. The number of piperidine rings is 1. The Labute approximate surface area is 172 Å². The van der Waals surface area contributed by atoms with Crippen LogP contribution in [0.3, 0.4) is 0 Å². The van der Waals surface area contributed by atoms with Gasteiger partial charge < -0.3 is 20.1 Å². The maximum Gasteiger partial charge on any atom is 0.169 e. The molecule has 0 saturated carbocycles. The van der Waals surface area contributed by atoms with E-state index >= 15 is 0 Å².